The average molecular weight is 251 g/mol. The van der Waals surface area contributed by atoms with Gasteiger partial charge in [-0.05, 0) is 61.8 Å². The molecule has 0 spiro atoms. The zero-order valence-corrected chi connectivity index (χ0v) is 11.1. The molecule has 4 nitrogen and oxygen atoms in total. The van der Waals surface area contributed by atoms with Gasteiger partial charge in [-0.25, -0.2) is 0 Å². The second-order valence-corrected chi connectivity index (χ2v) is 4.14. The number of thiocarbonyl (C=S) groups is 1. The molecule has 0 aliphatic heterocycles. The topological polar surface area (TPSA) is 56.7 Å². The Hall–Kier alpha value is -1.62. The molecule has 1 aromatic carbocycles. The lowest BCUT2D eigenvalue weighted by atomic mass is 10.1. The van der Waals surface area contributed by atoms with Crippen LogP contribution < -0.4 is 10.7 Å². The quantitative estimate of drug-likeness (QED) is 0.436. The molecular formula is C12H17N3OS. The molecule has 0 saturated heterocycles. The van der Waals surface area contributed by atoms with Crippen LogP contribution in [0.4, 0.5) is 0 Å². The number of aryl methyl sites for hydroxylation is 2. The Labute approximate surface area is 107 Å². The zero-order chi connectivity index (χ0) is 12.8. The summed E-state index contributed by atoms with van der Waals surface area (Å²) in [7, 11) is 0. The van der Waals surface area contributed by atoms with Crippen molar-refractivity contribution in [1.82, 2.24) is 10.7 Å². The summed E-state index contributed by atoms with van der Waals surface area (Å²) in [5, 5.41) is 17.1. The van der Waals surface area contributed by atoms with E-state index in [0.29, 0.717) is 10.9 Å². The van der Waals surface area contributed by atoms with Gasteiger partial charge in [-0.3, -0.25) is 5.43 Å². The Balaban J connectivity index is 2.69. The van der Waals surface area contributed by atoms with E-state index in [-0.39, 0.29) is 0 Å². The molecule has 0 bridgehead atoms. The van der Waals surface area contributed by atoms with E-state index in [1.165, 1.54) is 0 Å². The summed E-state index contributed by atoms with van der Waals surface area (Å²) < 4.78 is 0. The Morgan fingerprint density at radius 2 is 2.00 bits per heavy atom. The fourth-order valence-electron chi connectivity index (χ4n) is 1.43. The summed E-state index contributed by atoms with van der Waals surface area (Å²) in [4.78, 5) is 0. The molecular weight excluding hydrogens is 234 g/mol. The van der Waals surface area contributed by atoms with Crippen LogP contribution in [-0.4, -0.2) is 23.0 Å². The van der Waals surface area contributed by atoms with Gasteiger partial charge in [0.1, 0.15) is 5.75 Å². The number of hydrazone groups is 1. The first-order valence-electron chi connectivity index (χ1n) is 5.41. The van der Waals surface area contributed by atoms with Crippen molar-refractivity contribution < 1.29 is 5.11 Å². The van der Waals surface area contributed by atoms with Gasteiger partial charge in [-0.1, -0.05) is 0 Å². The van der Waals surface area contributed by atoms with Crippen molar-refractivity contribution in [2.45, 2.75) is 20.8 Å². The van der Waals surface area contributed by atoms with Crippen molar-refractivity contribution in [1.29, 1.82) is 0 Å². The first kappa shape index (κ1) is 13.4. The third-order valence-electron chi connectivity index (χ3n) is 2.23. The summed E-state index contributed by atoms with van der Waals surface area (Å²) in [5.74, 6) is 0.332. The molecule has 92 valence electrons. The Bertz CT molecular complexity index is 420. The van der Waals surface area contributed by atoms with E-state index in [1.807, 2.05) is 32.9 Å². The van der Waals surface area contributed by atoms with Gasteiger partial charge in [-0.15, -0.1) is 0 Å². The van der Waals surface area contributed by atoms with E-state index in [9.17, 15) is 5.11 Å². The van der Waals surface area contributed by atoms with Crippen LogP contribution >= 0.6 is 12.2 Å². The van der Waals surface area contributed by atoms with Crippen molar-refractivity contribution in [3.8, 4) is 5.75 Å². The lowest BCUT2D eigenvalue weighted by molar-refractivity contribution is 0.467. The minimum absolute atomic E-state index is 0.332. The fraction of sp³-hybridized carbons (Fsp3) is 0.333. The highest BCUT2D eigenvalue weighted by molar-refractivity contribution is 7.80. The van der Waals surface area contributed by atoms with Gasteiger partial charge in [0.25, 0.3) is 0 Å². The number of hydrogen-bond acceptors (Lipinski definition) is 3. The van der Waals surface area contributed by atoms with E-state index in [1.54, 1.807) is 6.21 Å². The molecule has 5 heteroatoms. The summed E-state index contributed by atoms with van der Waals surface area (Å²) in [6, 6.07) is 3.73. The summed E-state index contributed by atoms with van der Waals surface area (Å²) >= 11 is 4.96. The highest BCUT2D eigenvalue weighted by Gasteiger charge is 2.01. The van der Waals surface area contributed by atoms with Crippen LogP contribution in [-0.2, 0) is 0 Å². The third kappa shape index (κ3) is 4.03. The molecule has 0 aliphatic carbocycles. The molecule has 0 aliphatic rings. The van der Waals surface area contributed by atoms with Crippen LogP contribution in [0.2, 0.25) is 0 Å². The van der Waals surface area contributed by atoms with Gasteiger partial charge in [-0.2, -0.15) is 5.10 Å². The van der Waals surface area contributed by atoms with E-state index >= 15 is 0 Å². The number of hydrogen-bond donors (Lipinski definition) is 3. The van der Waals surface area contributed by atoms with Gasteiger partial charge < -0.3 is 10.4 Å². The monoisotopic (exact) mass is 251 g/mol. The van der Waals surface area contributed by atoms with Crippen LogP contribution in [0.15, 0.2) is 17.2 Å². The van der Waals surface area contributed by atoms with Gasteiger partial charge in [0.15, 0.2) is 5.11 Å². The smallest absolute Gasteiger partial charge is 0.186 e. The molecule has 0 aromatic heterocycles. The molecule has 17 heavy (non-hydrogen) atoms. The van der Waals surface area contributed by atoms with Gasteiger partial charge in [0, 0.05) is 6.54 Å². The molecule has 0 atom stereocenters. The predicted octanol–water partition coefficient (Wildman–Crippen LogP) is 1.83. The van der Waals surface area contributed by atoms with Crippen molar-refractivity contribution in [3.05, 3.63) is 28.8 Å². The second-order valence-electron chi connectivity index (χ2n) is 3.73. The van der Waals surface area contributed by atoms with Gasteiger partial charge in [0.05, 0.1) is 6.21 Å². The van der Waals surface area contributed by atoms with Crippen LogP contribution in [0.1, 0.15) is 23.6 Å². The number of rotatable bonds is 3. The second kappa shape index (κ2) is 6.20. The summed E-state index contributed by atoms with van der Waals surface area (Å²) in [6.07, 6.45) is 1.67. The number of aromatic hydroxyl groups is 1. The summed E-state index contributed by atoms with van der Waals surface area (Å²) in [6.45, 7) is 6.44. The number of phenolic OH excluding ortho intramolecular Hbond substituents is 1. The molecule has 1 rings (SSSR count). The third-order valence-corrected chi connectivity index (χ3v) is 2.47. The fourth-order valence-corrected chi connectivity index (χ4v) is 1.63. The van der Waals surface area contributed by atoms with Crippen molar-refractivity contribution in [2.24, 2.45) is 5.10 Å². The minimum Gasteiger partial charge on any atom is -0.507 e. The van der Waals surface area contributed by atoms with Crippen molar-refractivity contribution >= 4 is 23.5 Å². The molecule has 0 amide bonds. The van der Waals surface area contributed by atoms with Crippen molar-refractivity contribution in [2.75, 3.05) is 6.54 Å². The molecule has 0 fully saturated rings. The van der Waals surface area contributed by atoms with Gasteiger partial charge >= 0.3 is 0 Å². The molecule has 0 heterocycles. The maximum atomic E-state index is 9.62. The Kier molecular flexibility index (Phi) is 4.90. The predicted molar refractivity (Wildman–Crippen MR) is 74.6 cm³/mol. The van der Waals surface area contributed by atoms with Crippen LogP contribution in [0, 0.1) is 13.8 Å². The SMILES string of the molecule is CCNC(=S)N/N=C/c1cc(C)c(O)c(C)c1. The van der Waals surface area contributed by atoms with Crippen molar-refractivity contribution in [3.63, 3.8) is 0 Å². The summed E-state index contributed by atoms with van der Waals surface area (Å²) in [5.41, 5.74) is 5.30. The van der Waals surface area contributed by atoms with E-state index in [4.69, 9.17) is 12.2 Å². The number of benzene rings is 1. The molecule has 0 unspecified atom stereocenters. The largest absolute Gasteiger partial charge is 0.507 e. The number of nitrogens with one attached hydrogen (secondary N) is 2. The maximum Gasteiger partial charge on any atom is 0.186 e. The lowest BCUT2D eigenvalue weighted by Gasteiger charge is -2.05. The molecule has 1 aromatic rings. The maximum absolute atomic E-state index is 9.62. The normalized spacial score (nSPS) is 10.5. The number of phenols is 1. The first-order chi connectivity index (χ1) is 8.04. The van der Waals surface area contributed by atoms with Gasteiger partial charge in [0.2, 0.25) is 0 Å². The lowest BCUT2D eigenvalue weighted by Crippen LogP contribution is -2.31. The Morgan fingerprint density at radius 1 is 1.41 bits per heavy atom. The first-order valence-corrected chi connectivity index (χ1v) is 5.82. The molecule has 0 saturated carbocycles. The van der Waals surface area contributed by atoms with Crippen LogP contribution in [0.5, 0.6) is 5.75 Å². The van der Waals surface area contributed by atoms with E-state index in [2.05, 4.69) is 15.8 Å². The highest BCUT2D eigenvalue weighted by atomic mass is 32.1. The number of nitrogens with zero attached hydrogens (tertiary/aromatic N) is 1. The highest BCUT2D eigenvalue weighted by Crippen LogP contribution is 2.21. The van der Waals surface area contributed by atoms with E-state index in [0.717, 1.165) is 23.2 Å². The average Bonchev–Trinajstić information content (AvgIpc) is 2.26. The van der Waals surface area contributed by atoms with Crippen LogP contribution in [0.25, 0.3) is 0 Å². The standard InChI is InChI=1S/C12H17N3OS/c1-4-13-12(17)15-14-7-10-5-8(2)11(16)9(3)6-10/h5-7,16H,4H2,1-3H3,(H2,13,15,17)/b14-7+. The Morgan fingerprint density at radius 3 is 2.53 bits per heavy atom. The zero-order valence-electron chi connectivity index (χ0n) is 10.2. The molecule has 3 N–H and O–H groups in total. The molecule has 0 radical (unpaired) electrons. The van der Waals surface area contributed by atoms with Crippen LogP contribution in [0.3, 0.4) is 0 Å². The minimum atomic E-state index is 0.332. The van der Waals surface area contributed by atoms with E-state index < -0.39 is 0 Å².